The minimum absolute atomic E-state index is 0. The number of amides is 1. The number of aliphatic imine (C=N–C) groups is 1. The maximum Gasteiger partial charge on any atom is 0.225 e. The van der Waals surface area contributed by atoms with Crippen LogP contribution in [0.15, 0.2) is 4.99 Å². The molecular formula is C17H33IN4O2. The van der Waals surface area contributed by atoms with Crippen molar-refractivity contribution in [3.8, 4) is 0 Å². The molecule has 2 fully saturated rings. The third-order valence-corrected chi connectivity index (χ3v) is 5.00. The van der Waals surface area contributed by atoms with Gasteiger partial charge in [-0.05, 0) is 6.42 Å². The lowest BCUT2D eigenvalue weighted by Gasteiger charge is -2.54. The number of fused-ring (bicyclic) bond motifs is 1. The van der Waals surface area contributed by atoms with Gasteiger partial charge in [0, 0.05) is 49.5 Å². The molecular weight excluding hydrogens is 419 g/mol. The van der Waals surface area contributed by atoms with Gasteiger partial charge < -0.3 is 20.7 Å². The monoisotopic (exact) mass is 452 g/mol. The molecule has 1 saturated carbocycles. The van der Waals surface area contributed by atoms with E-state index in [4.69, 9.17) is 4.74 Å². The lowest BCUT2D eigenvalue weighted by Crippen LogP contribution is -2.68. The van der Waals surface area contributed by atoms with Gasteiger partial charge in [0.1, 0.15) is 0 Å². The third-order valence-electron chi connectivity index (χ3n) is 5.00. The number of carbonyl (C=O) groups excluding carboxylic acids is 1. The summed E-state index contributed by atoms with van der Waals surface area (Å²) in [5.41, 5.74) is -0.230. The fourth-order valence-corrected chi connectivity index (χ4v) is 3.58. The van der Waals surface area contributed by atoms with Crippen LogP contribution in [-0.2, 0) is 9.53 Å². The Bertz CT molecular complexity index is 474. The standard InChI is InChI=1S/C17H32N4O2.HI/c1-16(2,3)14(22)19-8-9-20-15(18-6)21-12-11-7-10-23-13(11)17(12,4)5;/h11-13H,7-10H2,1-6H3,(H,19,22)(H2,18,20,21);1H. The molecule has 1 amide bonds. The van der Waals surface area contributed by atoms with Gasteiger partial charge in [0.2, 0.25) is 5.91 Å². The third kappa shape index (κ3) is 4.53. The molecule has 24 heavy (non-hydrogen) atoms. The molecule has 1 heterocycles. The van der Waals surface area contributed by atoms with Crippen molar-refractivity contribution in [3.63, 3.8) is 0 Å². The minimum Gasteiger partial charge on any atom is -0.377 e. The average molecular weight is 452 g/mol. The molecule has 6 nitrogen and oxygen atoms in total. The van der Waals surface area contributed by atoms with Crippen LogP contribution >= 0.6 is 24.0 Å². The van der Waals surface area contributed by atoms with E-state index in [0.717, 1.165) is 19.0 Å². The molecule has 0 radical (unpaired) electrons. The second kappa shape index (κ2) is 8.21. The Labute approximate surface area is 163 Å². The van der Waals surface area contributed by atoms with E-state index in [2.05, 4.69) is 34.8 Å². The Morgan fingerprint density at radius 2 is 1.88 bits per heavy atom. The van der Waals surface area contributed by atoms with Crippen molar-refractivity contribution in [2.24, 2.45) is 21.7 Å². The smallest absolute Gasteiger partial charge is 0.225 e. The summed E-state index contributed by atoms with van der Waals surface area (Å²) in [6.07, 6.45) is 1.48. The van der Waals surface area contributed by atoms with Crippen molar-refractivity contribution in [2.75, 3.05) is 26.7 Å². The molecule has 2 rings (SSSR count). The number of nitrogens with zero attached hydrogens (tertiary/aromatic N) is 1. The Kier molecular flexibility index (Phi) is 7.34. The average Bonchev–Trinajstić information content (AvgIpc) is 2.92. The second-order valence-electron chi connectivity index (χ2n) is 8.19. The molecule has 0 aromatic carbocycles. The van der Waals surface area contributed by atoms with Crippen LogP contribution in [0.1, 0.15) is 41.0 Å². The summed E-state index contributed by atoms with van der Waals surface area (Å²) >= 11 is 0. The highest BCUT2D eigenvalue weighted by Gasteiger charge is 2.59. The van der Waals surface area contributed by atoms with Crippen LogP contribution in [0.4, 0.5) is 0 Å². The lowest BCUT2D eigenvalue weighted by atomic mass is 9.57. The minimum atomic E-state index is -0.354. The normalized spacial score (nSPS) is 28.2. The fourth-order valence-electron chi connectivity index (χ4n) is 3.58. The number of hydrogen-bond donors (Lipinski definition) is 3. The van der Waals surface area contributed by atoms with E-state index in [1.807, 2.05) is 20.8 Å². The molecule has 1 aliphatic heterocycles. The molecule has 3 unspecified atom stereocenters. The molecule has 0 aromatic heterocycles. The van der Waals surface area contributed by atoms with Crippen LogP contribution in [-0.4, -0.2) is 50.8 Å². The van der Waals surface area contributed by atoms with Crippen LogP contribution in [0.25, 0.3) is 0 Å². The summed E-state index contributed by atoms with van der Waals surface area (Å²) in [5.74, 6) is 1.43. The van der Waals surface area contributed by atoms with E-state index in [9.17, 15) is 4.79 Å². The highest BCUT2D eigenvalue weighted by Crippen LogP contribution is 2.51. The molecule has 0 spiro atoms. The molecule has 0 bridgehead atoms. The predicted octanol–water partition coefficient (Wildman–Crippen LogP) is 1.75. The van der Waals surface area contributed by atoms with Gasteiger partial charge in [0.25, 0.3) is 0 Å². The molecule has 140 valence electrons. The van der Waals surface area contributed by atoms with E-state index in [1.54, 1.807) is 7.05 Å². The first kappa shape index (κ1) is 21.5. The Morgan fingerprint density at radius 3 is 2.46 bits per heavy atom. The van der Waals surface area contributed by atoms with Gasteiger partial charge in [0.15, 0.2) is 5.96 Å². The lowest BCUT2D eigenvalue weighted by molar-refractivity contribution is -0.128. The van der Waals surface area contributed by atoms with Crippen molar-refractivity contribution in [1.29, 1.82) is 0 Å². The van der Waals surface area contributed by atoms with Gasteiger partial charge in [-0.2, -0.15) is 0 Å². The van der Waals surface area contributed by atoms with Gasteiger partial charge >= 0.3 is 0 Å². The van der Waals surface area contributed by atoms with Crippen molar-refractivity contribution in [1.82, 2.24) is 16.0 Å². The molecule has 7 heteroatoms. The van der Waals surface area contributed by atoms with Crippen LogP contribution in [0.5, 0.6) is 0 Å². The van der Waals surface area contributed by atoms with E-state index >= 15 is 0 Å². The summed E-state index contributed by atoms with van der Waals surface area (Å²) < 4.78 is 5.82. The first-order valence-electron chi connectivity index (χ1n) is 8.55. The highest BCUT2D eigenvalue weighted by molar-refractivity contribution is 14.0. The zero-order valence-corrected chi connectivity index (χ0v) is 18.1. The van der Waals surface area contributed by atoms with E-state index < -0.39 is 0 Å². The highest BCUT2D eigenvalue weighted by atomic mass is 127. The summed E-state index contributed by atoms with van der Waals surface area (Å²) in [6.45, 7) is 12.3. The Balaban J connectivity index is 0.00000288. The number of nitrogens with one attached hydrogen (secondary N) is 3. The second-order valence-corrected chi connectivity index (χ2v) is 8.19. The molecule has 0 aromatic rings. The SMILES string of the molecule is CN=C(NCCNC(=O)C(C)(C)C)NC1C2CCOC2C1(C)C.I. The number of hydrogen-bond acceptors (Lipinski definition) is 3. The van der Waals surface area contributed by atoms with Crippen LogP contribution in [0.3, 0.4) is 0 Å². The van der Waals surface area contributed by atoms with Crippen molar-refractivity contribution in [2.45, 2.75) is 53.2 Å². The largest absolute Gasteiger partial charge is 0.377 e. The predicted molar refractivity (Wildman–Crippen MR) is 108 cm³/mol. The van der Waals surface area contributed by atoms with E-state index in [-0.39, 0.29) is 40.7 Å². The van der Waals surface area contributed by atoms with Crippen LogP contribution in [0, 0.1) is 16.7 Å². The maximum absolute atomic E-state index is 11.8. The summed E-state index contributed by atoms with van der Waals surface area (Å²) in [7, 11) is 1.78. The number of guanidine groups is 1. The molecule has 2 aliphatic rings. The zero-order valence-electron chi connectivity index (χ0n) is 15.7. The summed E-state index contributed by atoms with van der Waals surface area (Å²) in [6, 6.07) is 0.380. The fraction of sp³-hybridized carbons (Fsp3) is 0.882. The quantitative estimate of drug-likeness (QED) is 0.263. The number of halogens is 1. The van der Waals surface area contributed by atoms with Gasteiger partial charge in [-0.1, -0.05) is 34.6 Å². The molecule has 1 aliphatic carbocycles. The zero-order chi connectivity index (χ0) is 17.3. The van der Waals surface area contributed by atoms with Gasteiger partial charge in [0.05, 0.1) is 6.10 Å². The van der Waals surface area contributed by atoms with Crippen molar-refractivity contribution >= 4 is 35.8 Å². The van der Waals surface area contributed by atoms with Gasteiger partial charge in [-0.3, -0.25) is 9.79 Å². The van der Waals surface area contributed by atoms with Crippen LogP contribution in [0.2, 0.25) is 0 Å². The van der Waals surface area contributed by atoms with Crippen molar-refractivity contribution < 1.29 is 9.53 Å². The van der Waals surface area contributed by atoms with Gasteiger partial charge in [-0.15, -0.1) is 24.0 Å². The summed E-state index contributed by atoms with van der Waals surface area (Å²) in [4.78, 5) is 16.1. The molecule has 3 N–H and O–H groups in total. The van der Waals surface area contributed by atoms with Gasteiger partial charge in [-0.25, -0.2) is 0 Å². The number of ether oxygens (including phenoxy) is 1. The van der Waals surface area contributed by atoms with E-state index in [0.29, 0.717) is 31.2 Å². The molecule has 1 saturated heterocycles. The van der Waals surface area contributed by atoms with Crippen LogP contribution < -0.4 is 16.0 Å². The Morgan fingerprint density at radius 1 is 1.25 bits per heavy atom. The first-order chi connectivity index (χ1) is 10.7. The number of rotatable bonds is 4. The Hall–Kier alpha value is -0.570. The first-order valence-corrected chi connectivity index (χ1v) is 8.55. The number of carbonyl (C=O) groups is 1. The summed E-state index contributed by atoms with van der Waals surface area (Å²) in [5, 5.41) is 9.74. The van der Waals surface area contributed by atoms with Crippen molar-refractivity contribution in [3.05, 3.63) is 0 Å². The maximum atomic E-state index is 11.8. The topological polar surface area (TPSA) is 74.8 Å². The molecule has 3 atom stereocenters. The van der Waals surface area contributed by atoms with E-state index in [1.165, 1.54) is 0 Å².